The van der Waals surface area contributed by atoms with E-state index in [0.717, 1.165) is 26.1 Å². The third kappa shape index (κ3) is 2.64. The molecular formula is C13H21NO2. The molecule has 2 unspecified atom stereocenters. The Morgan fingerprint density at radius 3 is 2.88 bits per heavy atom. The molecule has 0 spiro atoms. The van der Waals surface area contributed by atoms with Crippen LogP contribution in [0.3, 0.4) is 0 Å². The van der Waals surface area contributed by atoms with Crippen molar-refractivity contribution in [3.63, 3.8) is 0 Å². The molecule has 0 bridgehead atoms. The minimum absolute atomic E-state index is 0.0699. The zero-order valence-electron chi connectivity index (χ0n) is 9.86. The summed E-state index contributed by atoms with van der Waals surface area (Å²) < 4.78 is 5.82. The molecular weight excluding hydrogens is 202 g/mol. The van der Waals surface area contributed by atoms with Crippen LogP contribution in [0.2, 0.25) is 0 Å². The summed E-state index contributed by atoms with van der Waals surface area (Å²) in [6.45, 7) is 6.19. The van der Waals surface area contributed by atoms with Crippen molar-refractivity contribution < 1.29 is 9.53 Å². The molecule has 2 saturated heterocycles. The summed E-state index contributed by atoms with van der Waals surface area (Å²) >= 11 is 0. The van der Waals surface area contributed by atoms with E-state index in [1.807, 2.05) is 4.90 Å². The van der Waals surface area contributed by atoms with Gasteiger partial charge in [0, 0.05) is 25.6 Å². The fourth-order valence-electron chi connectivity index (χ4n) is 2.78. The molecule has 2 heterocycles. The third-order valence-electron chi connectivity index (χ3n) is 3.68. The number of hydrogen-bond acceptors (Lipinski definition) is 2. The Morgan fingerprint density at radius 2 is 2.19 bits per heavy atom. The van der Waals surface area contributed by atoms with Gasteiger partial charge >= 0.3 is 0 Å². The number of ether oxygens (including phenoxy) is 1. The fourth-order valence-corrected chi connectivity index (χ4v) is 2.78. The van der Waals surface area contributed by atoms with Gasteiger partial charge < -0.3 is 9.64 Å². The Labute approximate surface area is 97.5 Å². The summed E-state index contributed by atoms with van der Waals surface area (Å²) in [5.41, 5.74) is 0. The Kier molecular flexibility index (Phi) is 3.99. The van der Waals surface area contributed by atoms with E-state index in [2.05, 4.69) is 6.58 Å². The maximum atomic E-state index is 11.6. The highest BCUT2D eigenvalue weighted by molar-refractivity contribution is 5.87. The Balaban J connectivity index is 1.90. The van der Waals surface area contributed by atoms with E-state index in [-0.39, 0.29) is 5.91 Å². The van der Waals surface area contributed by atoms with Gasteiger partial charge in [0.15, 0.2) is 0 Å². The maximum Gasteiger partial charge on any atom is 0.245 e. The van der Waals surface area contributed by atoms with E-state index < -0.39 is 0 Å². The number of carbonyl (C=O) groups is 1. The van der Waals surface area contributed by atoms with Gasteiger partial charge in [-0.3, -0.25) is 4.79 Å². The molecule has 3 heteroatoms. The number of rotatable bonds is 2. The first-order valence-corrected chi connectivity index (χ1v) is 6.34. The molecule has 90 valence electrons. The lowest BCUT2D eigenvalue weighted by atomic mass is 9.88. The van der Waals surface area contributed by atoms with Crippen LogP contribution in [-0.2, 0) is 9.53 Å². The van der Waals surface area contributed by atoms with Crippen LogP contribution in [0.25, 0.3) is 0 Å². The number of piperidine rings is 1. The van der Waals surface area contributed by atoms with E-state index in [4.69, 9.17) is 4.74 Å². The first-order valence-electron chi connectivity index (χ1n) is 6.34. The summed E-state index contributed by atoms with van der Waals surface area (Å²) in [5, 5.41) is 0. The van der Waals surface area contributed by atoms with Crippen molar-refractivity contribution in [1.82, 2.24) is 4.90 Å². The standard InChI is InChI=1S/C13H21NO2/c1-2-13(15)14-8-5-6-11(10-14)12-7-3-4-9-16-12/h2,11-12H,1,3-10H2. The average molecular weight is 223 g/mol. The topological polar surface area (TPSA) is 29.5 Å². The van der Waals surface area contributed by atoms with Crippen molar-refractivity contribution >= 4 is 5.91 Å². The number of hydrogen-bond donors (Lipinski definition) is 0. The van der Waals surface area contributed by atoms with Crippen molar-refractivity contribution in [3.05, 3.63) is 12.7 Å². The smallest absolute Gasteiger partial charge is 0.245 e. The van der Waals surface area contributed by atoms with Crippen LogP contribution in [-0.4, -0.2) is 36.6 Å². The number of amides is 1. The van der Waals surface area contributed by atoms with Gasteiger partial charge in [0.2, 0.25) is 5.91 Å². The van der Waals surface area contributed by atoms with Crippen molar-refractivity contribution in [2.45, 2.75) is 38.2 Å². The molecule has 0 aliphatic carbocycles. The second-order valence-corrected chi connectivity index (χ2v) is 4.80. The van der Waals surface area contributed by atoms with Crippen molar-refractivity contribution in [1.29, 1.82) is 0 Å². The summed E-state index contributed by atoms with van der Waals surface area (Å²) in [4.78, 5) is 13.5. The summed E-state index contributed by atoms with van der Waals surface area (Å²) in [6, 6.07) is 0. The number of carbonyl (C=O) groups excluding carboxylic acids is 1. The first kappa shape index (κ1) is 11.6. The molecule has 0 saturated carbocycles. The van der Waals surface area contributed by atoms with Gasteiger partial charge in [0.25, 0.3) is 0 Å². The van der Waals surface area contributed by atoms with E-state index in [9.17, 15) is 4.79 Å². The van der Waals surface area contributed by atoms with Crippen LogP contribution in [0.5, 0.6) is 0 Å². The van der Waals surface area contributed by atoms with Crippen molar-refractivity contribution in [3.8, 4) is 0 Å². The molecule has 0 radical (unpaired) electrons. The maximum absolute atomic E-state index is 11.6. The van der Waals surface area contributed by atoms with Gasteiger partial charge in [0.05, 0.1) is 6.10 Å². The highest BCUT2D eigenvalue weighted by Crippen LogP contribution is 2.27. The molecule has 2 atom stereocenters. The highest BCUT2D eigenvalue weighted by atomic mass is 16.5. The number of likely N-dealkylation sites (tertiary alicyclic amines) is 1. The van der Waals surface area contributed by atoms with Crippen molar-refractivity contribution in [2.24, 2.45) is 5.92 Å². The van der Waals surface area contributed by atoms with Crippen LogP contribution in [0, 0.1) is 5.92 Å². The number of nitrogens with zero attached hydrogens (tertiary/aromatic N) is 1. The molecule has 0 aromatic rings. The van der Waals surface area contributed by atoms with Gasteiger partial charge in [-0.2, -0.15) is 0 Å². The van der Waals surface area contributed by atoms with E-state index in [0.29, 0.717) is 12.0 Å². The van der Waals surface area contributed by atoms with Crippen LogP contribution in [0.15, 0.2) is 12.7 Å². The normalized spacial score (nSPS) is 31.1. The molecule has 2 aliphatic rings. The molecule has 2 aliphatic heterocycles. The quantitative estimate of drug-likeness (QED) is 0.670. The third-order valence-corrected chi connectivity index (χ3v) is 3.68. The summed E-state index contributed by atoms with van der Waals surface area (Å²) in [7, 11) is 0. The van der Waals surface area contributed by atoms with E-state index in [1.54, 1.807) is 0 Å². The summed E-state index contributed by atoms with van der Waals surface area (Å²) in [5.74, 6) is 0.610. The van der Waals surface area contributed by atoms with Crippen LogP contribution in [0.4, 0.5) is 0 Å². The van der Waals surface area contributed by atoms with Gasteiger partial charge in [-0.05, 0) is 38.2 Å². The largest absolute Gasteiger partial charge is 0.378 e. The van der Waals surface area contributed by atoms with Crippen LogP contribution in [0.1, 0.15) is 32.1 Å². The highest BCUT2D eigenvalue weighted by Gasteiger charge is 2.30. The SMILES string of the molecule is C=CC(=O)N1CCCC(C2CCCCO2)C1. The zero-order chi connectivity index (χ0) is 11.4. The van der Waals surface area contributed by atoms with Crippen molar-refractivity contribution in [2.75, 3.05) is 19.7 Å². The molecule has 0 aromatic heterocycles. The van der Waals surface area contributed by atoms with E-state index in [1.165, 1.54) is 31.8 Å². The molecule has 16 heavy (non-hydrogen) atoms. The Bertz CT molecular complexity index is 259. The van der Waals surface area contributed by atoms with Crippen LogP contribution < -0.4 is 0 Å². The van der Waals surface area contributed by atoms with Crippen LogP contribution >= 0.6 is 0 Å². The van der Waals surface area contributed by atoms with E-state index >= 15 is 0 Å². The monoisotopic (exact) mass is 223 g/mol. The Morgan fingerprint density at radius 1 is 1.31 bits per heavy atom. The Hall–Kier alpha value is -0.830. The lowest BCUT2D eigenvalue weighted by Crippen LogP contribution is -2.44. The molecule has 2 rings (SSSR count). The lowest BCUT2D eigenvalue weighted by Gasteiger charge is -2.37. The molecule has 2 fully saturated rings. The minimum Gasteiger partial charge on any atom is -0.378 e. The van der Waals surface area contributed by atoms with Gasteiger partial charge in [0.1, 0.15) is 0 Å². The van der Waals surface area contributed by atoms with Gasteiger partial charge in [-0.1, -0.05) is 6.58 Å². The second-order valence-electron chi connectivity index (χ2n) is 4.80. The molecule has 0 N–H and O–H groups in total. The first-order chi connectivity index (χ1) is 7.81. The molecule has 3 nitrogen and oxygen atoms in total. The summed E-state index contributed by atoms with van der Waals surface area (Å²) in [6.07, 6.45) is 7.74. The minimum atomic E-state index is 0.0699. The molecule has 1 amide bonds. The molecule has 0 aromatic carbocycles. The second kappa shape index (κ2) is 5.48. The van der Waals surface area contributed by atoms with Gasteiger partial charge in [-0.15, -0.1) is 0 Å². The predicted molar refractivity (Wildman–Crippen MR) is 63.1 cm³/mol. The predicted octanol–water partition coefficient (Wildman–Crippen LogP) is 1.98. The van der Waals surface area contributed by atoms with Gasteiger partial charge in [-0.25, -0.2) is 0 Å². The zero-order valence-corrected chi connectivity index (χ0v) is 9.86. The average Bonchev–Trinajstić information content (AvgIpc) is 2.39. The fraction of sp³-hybridized carbons (Fsp3) is 0.769. The lowest BCUT2D eigenvalue weighted by molar-refractivity contribution is -0.129.